The van der Waals surface area contributed by atoms with Gasteiger partial charge in [-0.05, 0) is 59.6 Å². The Labute approximate surface area is 234 Å². The zero-order valence-electron chi connectivity index (χ0n) is 20.4. The van der Waals surface area contributed by atoms with Gasteiger partial charge in [0.05, 0.1) is 22.9 Å². The number of ether oxygens (including phenoxy) is 2. The first-order chi connectivity index (χ1) is 18.4. The van der Waals surface area contributed by atoms with Gasteiger partial charge in [0.15, 0.2) is 11.8 Å². The number of anilines is 1. The molecule has 0 aliphatic rings. The molecule has 0 bridgehead atoms. The van der Waals surface area contributed by atoms with E-state index in [-0.39, 0.29) is 15.6 Å². The Balaban J connectivity index is 1.66. The van der Waals surface area contributed by atoms with E-state index in [0.29, 0.717) is 22.9 Å². The lowest BCUT2D eigenvalue weighted by atomic mass is 10.1. The fourth-order valence-electron chi connectivity index (χ4n) is 2.97. The molecule has 3 N–H and O–H groups in total. The van der Waals surface area contributed by atoms with Gasteiger partial charge in [0.1, 0.15) is 0 Å². The highest BCUT2D eigenvalue weighted by molar-refractivity contribution is 9.10. The second kappa shape index (κ2) is 13.4. The Morgan fingerprint density at radius 1 is 1.26 bits per heavy atom. The van der Waals surface area contributed by atoms with Gasteiger partial charge in [-0.25, -0.2) is 19.0 Å². The summed E-state index contributed by atoms with van der Waals surface area (Å²) in [7, 11) is -3.47. The molecule has 15 heteroatoms. The molecule has 0 radical (unpaired) electrons. The number of nitrogens with one attached hydrogen (secondary N) is 1. The minimum absolute atomic E-state index is 0.170. The third-order valence-electron chi connectivity index (χ3n) is 4.76. The number of carboxylic acid groups (broad SMARTS) is 1. The molecule has 10 nitrogen and oxygen atoms in total. The number of aliphatic hydroxyl groups is 1. The van der Waals surface area contributed by atoms with Gasteiger partial charge in [-0.2, -0.15) is 4.39 Å². The Morgan fingerprint density at radius 3 is 2.54 bits per heavy atom. The molecule has 0 saturated heterocycles. The molecule has 0 aliphatic heterocycles. The van der Waals surface area contributed by atoms with Crippen LogP contribution < -0.4 is 10.2 Å². The van der Waals surface area contributed by atoms with Crippen molar-refractivity contribution >= 4 is 58.1 Å². The van der Waals surface area contributed by atoms with Gasteiger partial charge in [0, 0.05) is 22.0 Å². The number of thiazole rings is 1. The number of hydrogen-bond acceptors (Lipinski definition) is 10. The van der Waals surface area contributed by atoms with Crippen LogP contribution in [0.5, 0.6) is 0 Å². The van der Waals surface area contributed by atoms with Crippen LogP contribution in [0.25, 0.3) is 11.3 Å². The Morgan fingerprint density at radius 2 is 1.95 bits per heavy atom. The van der Waals surface area contributed by atoms with E-state index in [1.807, 2.05) is 5.38 Å². The van der Waals surface area contributed by atoms with E-state index < -0.39 is 44.4 Å². The smallest absolute Gasteiger partial charge is 0.513 e. The molecule has 0 spiro atoms. The van der Waals surface area contributed by atoms with Gasteiger partial charge >= 0.3 is 23.6 Å². The highest BCUT2D eigenvalue weighted by Gasteiger charge is 2.41. The van der Waals surface area contributed by atoms with Crippen LogP contribution in [0.4, 0.5) is 18.7 Å². The monoisotopic (exact) mass is 646 g/mol. The maximum Gasteiger partial charge on any atom is 0.513 e. The molecule has 0 amide bonds. The number of benzene rings is 2. The Bertz CT molecular complexity index is 1370. The predicted octanol–water partition coefficient (Wildman–Crippen LogP) is 5.20. The molecule has 0 aliphatic carbocycles. The molecule has 2 aromatic carbocycles. The van der Waals surface area contributed by atoms with Crippen LogP contribution in [0.2, 0.25) is 0 Å². The quantitative estimate of drug-likeness (QED) is 0.144. The largest absolute Gasteiger partial charge is 0.600 e. The van der Waals surface area contributed by atoms with Gasteiger partial charge in [-0.1, -0.05) is 22.7 Å². The molecule has 1 aromatic heterocycles. The number of rotatable bonds is 11. The highest BCUT2D eigenvalue weighted by atomic mass is 79.9. The van der Waals surface area contributed by atoms with Crippen molar-refractivity contribution in [3.05, 3.63) is 69.0 Å². The number of aromatic carboxylic acids is 1. The van der Waals surface area contributed by atoms with Crippen LogP contribution >= 0.6 is 35.3 Å². The second-order valence-corrected chi connectivity index (χ2v) is 10.9. The van der Waals surface area contributed by atoms with Gasteiger partial charge in [-0.3, -0.25) is 0 Å². The lowest BCUT2D eigenvalue weighted by Crippen LogP contribution is -2.40. The zero-order valence-corrected chi connectivity index (χ0v) is 23.7. The normalized spacial score (nSPS) is 13.4. The molecule has 39 heavy (non-hydrogen) atoms. The molecule has 208 valence electrons. The first-order valence-corrected chi connectivity index (χ1v) is 13.9. The van der Waals surface area contributed by atoms with Crippen molar-refractivity contribution < 1.29 is 47.5 Å². The molecule has 0 saturated carbocycles. The summed E-state index contributed by atoms with van der Waals surface area (Å²) in [4.78, 5) is 39.3. The number of hydrogen-bond donors (Lipinski definition) is 3. The summed E-state index contributed by atoms with van der Waals surface area (Å²) < 4.78 is 41.7. The topological polar surface area (TPSA) is 150 Å². The molecular formula is C24H22BrF2N2O8PS. The summed E-state index contributed by atoms with van der Waals surface area (Å²) in [5, 5.41) is 24.5. The van der Waals surface area contributed by atoms with Gasteiger partial charge in [-0.15, -0.1) is 11.3 Å². The van der Waals surface area contributed by atoms with Gasteiger partial charge < -0.3 is 29.9 Å². The lowest BCUT2D eigenvalue weighted by Gasteiger charge is -2.21. The van der Waals surface area contributed by atoms with Crippen molar-refractivity contribution in [2.75, 3.05) is 12.0 Å². The van der Waals surface area contributed by atoms with Crippen molar-refractivity contribution in [3.8, 4) is 11.3 Å². The first-order valence-electron chi connectivity index (χ1n) is 11.1. The van der Waals surface area contributed by atoms with E-state index in [4.69, 9.17) is 5.11 Å². The summed E-state index contributed by atoms with van der Waals surface area (Å²) in [6.07, 6.45) is -2.15. The van der Waals surface area contributed by atoms with E-state index in [2.05, 4.69) is 40.2 Å². The number of carboxylic acids is 1. The fourth-order valence-corrected chi connectivity index (χ4v) is 5.26. The maximum absolute atomic E-state index is 14.8. The Kier molecular flexibility index (Phi) is 10.5. The molecular weight excluding hydrogens is 625 g/mol. The first kappa shape index (κ1) is 30.5. The average Bonchev–Trinajstić information content (AvgIpc) is 3.35. The van der Waals surface area contributed by atoms with Crippen LogP contribution in [-0.4, -0.2) is 51.6 Å². The number of halogens is 3. The minimum Gasteiger partial charge on any atom is -0.600 e. The van der Waals surface area contributed by atoms with E-state index >= 15 is 0 Å². The third kappa shape index (κ3) is 8.49. The van der Waals surface area contributed by atoms with Crippen LogP contribution in [0.3, 0.4) is 0 Å². The fraction of sp³-hybridized carbons (Fsp3) is 0.250. The molecule has 2 unspecified atom stereocenters. The minimum atomic E-state index is -3.47. The Hall–Kier alpha value is -3.00. The van der Waals surface area contributed by atoms with Gasteiger partial charge in [0.25, 0.3) is 8.00 Å². The van der Waals surface area contributed by atoms with E-state index in [1.54, 1.807) is 18.2 Å². The second-order valence-electron chi connectivity index (χ2n) is 8.09. The third-order valence-corrected chi connectivity index (χ3v) is 7.23. The predicted molar refractivity (Wildman–Crippen MR) is 143 cm³/mol. The summed E-state index contributed by atoms with van der Waals surface area (Å²) in [5.74, 6) is -4.33. The SMILES string of the molecule is CC(C)OC(=O)OC(O)(CF)O/[P+]([O-])=C(\F)c1ccc(CNc2nc(-c3ccc(C(=O)O)cc3)cs2)cc1Br. The van der Waals surface area contributed by atoms with Gasteiger partial charge in [0.2, 0.25) is 0 Å². The molecule has 3 rings (SSSR count). The molecule has 2 atom stereocenters. The molecule has 3 aromatic rings. The van der Waals surface area contributed by atoms with E-state index in [0.717, 1.165) is 5.56 Å². The number of alkyl halides is 1. The highest BCUT2D eigenvalue weighted by Crippen LogP contribution is 2.32. The molecule has 1 heterocycles. The summed E-state index contributed by atoms with van der Waals surface area (Å²) in [6, 6.07) is 10.7. The average molecular weight is 647 g/mol. The standard InChI is InChI=1S/C24H22BrF2N2O8PS/c1-13(2)35-23(32)36-24(33,12-26)37-38(34)20(27)17-8-3-14(9-18(17)25)10-28-22-29-19(11-39-22)15-4-6-16(7-5-15)21(30)31/h3-9,11,13,33H,10,12H2,1-2H3,(H,28,29)(H,30,31). The summed E-state index contributed by atoms with van der Waals surface area (Å²) in [6.45, 7) is 1.41. The number of aromatic nitrogens is 1. The van der Waals surface area contributed by atoms with Crippen molar-refractivity contribution in [1.82, 2.24) is 4.98 Å². The maximum atomic E-state index is 14.8. The summed E-state index contributed by atoms with van der Waals surface area (Å²) in [5.41, 5.74) is 0.752. The van der Waals surface area contributed by atoms with Crippen LogP contribution in [0.15, 0.2) is 52.3 Å². The zero-order chi connectivity index (χ0) is 28.7. The van der Waals surface area contributed by atoms with Crippen molar-refractivity contribution in [1.29, 1.82) is 0 Å². The number of carbonyl (C=O) groups is 2. The number of carbonyl (C=O) groups excluding carboxylic acids is 1. The van der Waals surface area contributed by atoms with Crippen molar-refractivity contribution in [2.24, 2.45) is 0 Å². The summed E-state index contributed by atoms with van der Waals surface area (Å²) >= 11 is 4.52. The molecule has 0 fully saturated rings. The van der Waals surface area contributed by atoms with Crippen molar-refractivity contribution in [2.45, 2.75) is 32.5 Å². The van der Waals surface area contributed by atoms with E-state index in [9.17, 15) is 28.4 Å². The van der Waals surface area contributed by atoms with Crippen molar-refractivity contribution in [3.63, 3.8) is 0 Å². The lowest BCUT2D eigenvalue weighted by molar-refractivity contribution is -0.317. The number of nitrogens with zero attached hydrogens (tertiary/aromatic N) is 1. The van der Waals surface area contributed by atoms with Crippen LogP contribution in [0, 0.1) is 0 Å². The van der Waals surface area contributed by atoms with E-state index in [1.165, 1.54) is 49.4 Å². The van der Waals surface area contributed by atoms with Crippen LogP contribution in [-0.2, 0) is 20.5 Å². The van der Waals surface area contributed by atoms with Crippen LogP contribution in [0.1, 0.15) is 35.3 Å².